The van der Waals surface area contributed by atoms with E-state index in [4.69, 9.17) is 11.6 Å². The Morgan fingerprint density at radius 1 is 1.38 bits per heavy atom. The van der Waals surface area contributed by atoms with Gasteiger partial charge in [-0.25, -0.2) is 9.67 Å². The molecule has 1 fully saturated rings. The maximum absolute atomic E-state index is 9.90. The molecule has 0 atom stereocenters. The number of likely N-dealkylation sites (tertiary alicyclic amines) is 1. The fourth-order valence-electron chi connectivity index (χ4n) is 2.95. The van der Waals surface area contributed by atoms with Crippen molar-refractivity contribution >= 4 is 22.6 Å². The summed E-state index contributed by atoms with van der Waals surface area (Å²) >= 11 is 5.88. The molecule has 0 spiro atoms. The number of aliphatic hydroxyl groups is 1. The first-order valence-corrected chi connectivity index (χ1v) is 7.61. The summed E-state index contributed by atoms with van der Waals surface area (Å²) in [5, 5.41) is 18.8. The number of halogens is 1. The minimum absolute atomic E-state index is 0.330. The molecule has 0 amide bonds. The van der Waals surface area contributed by atoms with Gasteiger partial charge in [-0.05, 0) is 26.7 Å². The molecule has 0 bridgehead atoms. The van der Waals surface area contributed by atoms with Crippen LogP contribution in [0, 0.1) is 0 Å². The van der Waals surface area contributed by atoms with Crippen molar-refractivity contribution < 1.29 is 5.11 Å². The fourth-order valence-corrected chi connectivity index (χ4v) is 3.11. The molecule has 3 heterocycles. The van der Waals surface area contributed by atoms with E-state index in [1.807, 2.05) is 18.5 Å². The maximum Gasteiger partial charge on any atom is 0.131 e. The zero-order valence-corrected chi connectivity index (χ0v) is 13.1. The molecule has 1 aliphatic heterocycles. The Morgan fingerprint density at radius 3 is 2.76 bits per heavy atom. The monoisotopic (exact) mass is 309 g/mol. The van der Waals surface area contributed by atoms with Crippen LogP contribution >= 0.6 is 11.6 Å². The van der Waals surface area contributed by atoms with E-state index in [0.29, 0.717) is 17.7 Å². The minimum atomic E-state index is -0.645. The number of hydrogen-bond acceptors (Lipinski definition) is 5. The molecule has 0 saturated carbocycles. The lowest BCUT2D eigenvalue weighted by Crippen LogP contribution is -2.43. The first-order chi connectivity index (χ1) is 9.92. The number of fused-ring (bicyclic) bond motifs is 1. The van der Waals surface area contributed by atoms with Gasteiger partial charge >= 0.3 is 0 Å². The normalized spacial score (nSPS) is 18.5. The largest absolute Gasteiger partial charge is 0.389 e. The van der Waals surface area contributed by atoms with Crippen molar-refractivity contribution in [3.8, 4) is 0 Å². The highest BCUT2D eigenvalue weighted by Crippen LogP contribution is 2.26. The summed E-state index contributed by atoms with van der Waals surface area (Å²) in [6, 6.07) is 2.07. The Labute approximate surface area is 128 Å². The van der Waals surface area contributed by atoms with Crippen LogP contribution in [0.1, 0.15) is 32.7 Å². The van der Waals surface area contributed by atoms with Gasteiger partial charge in [-0.1, -0.05) is 16.8 Å². The van der Waals surface area contributed by atoms with Crippen molar-refractivity contribution in [2.24, 2.45) is 0 Å². The molecular weight excluding hydrogens is 290 g/mol. The zero-order chi connectivity index (χ0) is 15.0. The van der Waals surface area contributed by atoms with Crippen LogP contribution in [0.2, 0.25) is 5.15 Å². The van der Waals surface area contributed by atoms with Crippen LogP contribution < -0.4 is 0 Å². The van der Waals surface area contributed by atoms with Crippen LogP contribution in [-0.2, 0) is 0 Å². The van der Waals surface area contributed by atoms with Gasteiger partial charge in [0.05, 0.1) is 17.8 Å². The standard InChI is InChI=1S/C14H20ClN5O/c1-14(2,21)9-19-5-3-10(4-6-19)20-12-8-16-13(15)7-11(12)17-18-20/h7-8,10,21H,3-6,9H2,1-2H3. The molecule has 114 valence electrons. The molecule has 3 rings (SSSR count). The molecule has 1 aliphatic rings. The van der Waals surface area contributed by atoms with Crippen molar-refractivity contribution in [1.82, 2.24) is 24.9 Å². The van der Waals surface area contributed by atoms with Gasteiger partial charge in [-0.15, -0.1) is 5.10 Å². The van der Waals surface area contributed by atoms with Crippen LogP contribution in [-0.4, -0.2) is 55.2 Å². The van der Waals surface area contributed by atoms with Crippen LogP contribution in [0.25, 0.3) is 11.0 Å². The van der Waals surface area contributed by atoms with Crippen molar-refractivity contribution in [3.05, 3.63) is 17.4 Å². The Hall–Kier alpha value is -1.24. The topological polar surface area (TPSA) is 67.1 Å². The van der Waals surface area contributed by atoms with Gasteiger partial charge in [0.1, 0.15) is 16.2 Å². The Bertz CT molecular complexity index is 628. The third kappa shape index (κ3) is 3.33. The summed E-state index contributed by atoms with van der Waals surface area (Å²) < 4.78 is 1.96. The van der Waals surface area contributed by atoms with Gasteiger partial charge in [0.25, 0.3) is 0 Å². The molecule has 6 nitrogen and oxygen atoms in total. The first kappa shape index (κ1) is 14.7. The van der Waals surface area contributed by atoms with Gasteiger partial charge in [0, 0.05) is 25.7 Å². The van der Waals surface area contributed by atoms with Crippen LogP contribution in [0.15, 0.2) is 12.3 Å². The van der Waals surface area contributed by atoms with E-state index >= 15 is 0 Å². The first-order valence-electron chi connectivity index (χ1n) is 7.23. The van der Waals surface area contributed by atoms with Crippen molar-refractivity contribution in [2.75, 3.05) is 19.6 Å². The fraction of sp³-hybridized carbons (Fsp3) is 0.643. The molecule has 2 aromatic rings. The number of piperidine rings is 1. The molecule has 0 radical (unpaired) electrons. The van der Waals surface area contributed by atoms with E-state index in [9.17, 15) is 5.11 Å². The lowest BCUT2D eigenvalue weighted by atomic mass is 10.0. The second-order valence-corrected chi connectivity index (χ2v) is 6.74. The number of hydrogen-bond donors (Lipinski definition) is 1. The highest BCUT2D eigenvalue weighted by atomic mass is 35.5. The Morgan fingerprint density at radius 2 is 2.10 bits per heavy atom. The van der Waals surface area contributed by atoms with E-state index in [-0.39, 0.29) is 0 Å². The van der Waals surface area contributed by atoms with Crippen LogP contribution in [0.5, 0.6) is 0 Å². The van der Waals surface area contributed by atoms with Gasteiger partial charge in [0.2, 0.25) is 0 Å². The second-order valence-electron chi connectivity index (χ2n) is 6.35. The summed E-state index contributed by atoms with van der Waals surface area (Å²) in [7, 11) is 0. The smallest absolute Gasteiger partial charge is 0.131 e. The summed E-state index contributed by atoms with van der Waals surface area (Å²) in [5.41, 5.74) is 1.07. The third-order valence-electron chi connectivity index (χ3n) is 3.84. The molecule has 7 heteroatoms. The zero-order valence-electron chi connectivity index (χ0n) is 12.3. The number of pyridine rings is 1. The van der Waals surface area contributed by atoms with E-state index < -0.39 is 5.60 Å². The Kier molecular flexibility index (Phi) is 3.86. The van der Waals surface area contributed by atoms with E-state index in [0.717, 1.165) is 37.0 Å². The molecule has 21 heavy (non-hydrogen) atoms. The third-order valence-corrected chi connectivity index (χ3v) is 4.04. The number of β-amino-alcohol motifs (C(OH)–C–C–N with tert-alkyl or cyclic N) is 1. The minimum Gasteiger partial charge on any atom is -0.389 e. The summed E-state index contributed by atoms with van der Waals surface area (Å²) in [6.45, 7) is 6.31. The molecule has 0 unspecified atom stereocenters. The van der Waals surface area contributed by atoms with Gasteiger partial charge in [-0.2, -0.15) is 0 Å². The van der Waals surface area contributed by atoms with Crippen LogP contribution in [0.3, 0.4) is 0 Å². The maximum atomic E-state index is 9.90. The van der Waals surface area contributed by atoms with Crippen molar-refractivity contribution in [2.45, 2.75) is 38.3 Å². The number of aromatic nitrogens is 4. The van der Waals surface area contributed by atoms with Gasteiger partial charge in [-0.3, -0.25) is 0 Å². The van der Waals surface area contributed by atoms with Gasteiger partial charge < -0.3 is 10.0 Å². The SMILES string of the molecule is CC(C)(O)CN1CCC(n2nnc3cc(Cl)ncc32)CC1. The summed E-state index contributed by atoms with van der Waals surface area (Å²) in [6.07, 6.45) is 3.73. The summed E-state index contributed by atoms with van der Waals surface area (Å²) in [4.78, 5) is 6.42. The van der Waals surface area contributed by atoms with Crippen LogP contribution in [0.4, 0.5) is 0 Å². The highest BCUT2D eigenvalue weighted by molar-refractivity contribution is 6.29. The quantitative estimate of drug-likeness (QED) is 0.877. The average Bonchev–Trinajstić information content (AvgIpc) is 2.80. The van der Waals surface area contributed by atoms with E-state index in [2.05, 4.69) is 20.2 Å². The van der Waals surface area contributed by atoms with E-state index in [1.165, 1.54) is 0 Å². The summed E-state index contributed by atoms with van der Waals surface area (Å²) in [5.74, 6) is 0. The van der Waals surface area contributed by atoms with Crippen molar-refractivity contribution in [1.29, 1.82) is 0 Å². The highest BCUT2D eigenvalue weighted by Gasteiger charge is 2.26. The predicted octanol–water partition coefficient (Wildman–Crippen LogP) is 1.89. The molecule has 0 aliphatic carbocycles. The lowest BCUT2D eigenvalue weighted by Gasteiger charge is -2.35. The lowest BCUT2D eigenvalue weighted by molar-refractivity contribution is 0.0247. The number of nitrogens with zero attached hydrogens (tertiary/aromatic N) is 5. The van der Waals surface area contributed by atoms with E-state index in [1.54, 1.807) is 12.3 Å². The molecule has 1 saturated heterocycles. The number of rotatable bonds is 3. The Balaban J connectivity index is 1.71. The molecular formula is C14H20ClN5O. The predicted molar refractivity (Wildman–Crippen MR) is 81.3 cm³/mol. The molecule has 1 N–H and O–H groups in total. The van der Waals surface area contributed by atoms with Gasteiger partial charge in [0.15, 0.2) is 0 Å². The second kappa shape index (κ2) is 5.51. The average molecular weight is 310 g/mol. The van der Waals surface area contributed by atoms with Crippen molar-refractivity contribution in [3.63, 3.8) is 0 Å². The molecule has 2 aromatic heterocycles. The molecule has 0 aromatic carbocycles.